The summed E-state index contributed by atoms with van der Waals surface area (Å²) in [5, 5.41) is 13.5. The summed E-state index contributed by atoms with van der Waals surface area (Å²) in [7, 11) is 0. The van der Waals surface area contributed by atoms with Gasteiger partial charge < -0.3 is 10.1 Å². The van der Waals surface area contributed by atoms with E-state index in [9.17, 15) is 10.1 Å². The minimum atomic E-state index is -0.0238. The monoisotopic (exact) mass is 345 g/mol. The fourth-order valence-electron chi connectivity index (χ4n) is 2.68. The molecule has 130 valence electrons. The standard InChI is InChI=1S/C21H19N3O2/c1-15(25)17-8-9-18(14-22)19(13-17)23-11-4-12-26-20-7-2-5-16-6-3-10-24-21(16)20/h2-3,5-10,13,23H,4,11-12H2,1H3. The van der Waals surface area contributed by atoms with Crippen molar-refractivity contribution in [2.45, 2.75) is 13.3 Å². The van der Waals surface area contributed by atoms with Crippen LogP contribution in [0.1, 0.15) is 29.3 Å². The van der Waals surface area contributed by atoms with Crippen LogP contribution >= 0.6 is 0 Å². The van der Waals surface area contributed by atoms with Gasteiger partial charge in [0, 0.05) is 23.7 Å². The number of aromatic nitrogens is 1. The predicted octanol–water partition coefficient (Wildman–Crippen LogP) is 4.19. The topological polar surface area (TPSA) is 75.0 Å². The van der Waals surface area contributed by atoms with Gasteiger partial charge in [-0.2, -0.15) is 5.26 Å². The molecule has 0 atom stereocenters. The molecule has 26 heavy (non-hydrogen) atoms. The van der Waals surface area contributed by atoms with E-state index in [4.69, 9.17) is 4.74 Å². The number of carbonyl (C=O) groups is 1. The number of nitrogens with one attached hydrogen (secondary N) is 1. The molecule has 2 aromatic carbocycles. The summed E-state index contributed by atoms with van der Waals surface area (Å²) >= 11 is 0. The number of hydrogen-bond donors (Lipinski definition) is 1. The van der Waals surface area contributed by atoms with Crippen LogP contribution in [0.4, 0.5) is 5.69 Å². The maximum absolute atomic E-state index is 11.5. The molecule has 0 spiro atoms. The van der Waals surface area contributed by atoms with Crippen LogP contribution in [0.5, 0.6) is 5.75 Å². The zero-order chi connectivity index (χ0) is 18.4. The molecule has 0 aliphatic carbocycles. The van der Waals surface area contributed by atoms with Crippen molar-refractivity contribution < 1.29 is 9.53 Å². The van der Waals surface area contributed by atoms with Crippen molar-refractivity contribution in [1.82, 2.24) is 4.98 Å². The van der Waals surface area contributed by atoms with Crippen LogP contribution in [0.25, 0.3) is 10.9 Å². The fourth-order valence-corrected chi connectivity index (χ4v) is 2.68. The molecule has 0 aliphatic rings. The van der Waals surface area contributed by atoms with E-state index in [-0.39, 0.29) is 5.78 Å². The summed E-state index contributed by atoms with van der Waals surface area (Å²) < 4.78 is 5.85. The Morgan fingerprint density at radius 1 is 1.23 bits per heavy atom. The highest BCUT2D eigenvalue weighted by Gasteiger charge is 2.06. The van der Waals surface area contributed by atoms with Gasteiger partial charge in [-0.1, -0.05) is 18.2 Å². The molecular weight excluding hydrogens is 326 g/mol. The van der Waals surface area contributed by atoms with E-state index in [0.717, 1.165) is 23.1 Å². The number of hydrogen-bond acceptors (Lipinski definition) is 5. The van der Waals surface area contributed by atoms with E-state index in [1.54, 1.807) is 24.4 Å². The lowest BCUT2D eigenvalue weighted by Crippen LogP contribution is -2.09. The van der Waals surface area contributed by atoms with Crippen LogP contribution in [-0.4, -0.2) is 23.9 Å². The maximum atomic E-state index is 11.5. The van der Waals surface area contributed by atoms with Crippen LogP contribution in [0.2, 0.25) is 0 Å². The van der Waals surface area contributed by atoms with Crippen molar-refractivity contribution in [2.75, 3.05) is 18.5 Å². The Kier molecular flexibility index (Phi) is 5.45. The summed E-state index contributed by atoms with van der Waals surface area (Å²) in [6.45, 7) is 2.67. The van der Waals surface area contributed by atoms with Crippen molar-refractivity contribution >= 4 is 22.4 Å². The summed E-state index contributed by atoms with van der Waals surface area (Å²) in [5.74, 6) is 0.740. The highest BCUT2D eigenvalue weighted by molar-refractivity contribution is 5.95. The molecular formula is C21H19N3O2. The Morgan fingerprint density at radius 3 is 2.88 bits per heavy atom. The quantitative estimate of drug-likeness (QED) is 0.513. The Bertz CT molecular complexity index is 971. The second-order valence-corrected chi connectivity index (χ2v) is 5.89. The molecule has 3 aromatic rings. The van der Waals surface area contributed by atoms with Crippen molar-refractivity contribution in [3.63, 3.8) is 0 Å². The van der Waals surface area contributed by atoms with Gasteiger partial charge in [0.25, 0.3) is 0 Å². The van der Waals surface area contributed by atoms with Crippen molar-refractivity contribution in [2.24, 2.45) is 0 Å². The number of Topliss-reactive ketones (excluding diaryl/α,β-unsaturated/α-hetero) is 1. The molecule has 1 N–H and O–H groups in total. The van der Waals surface area contributed by atoms with Gasteiger partial charge >= 0.3 is 0 Å². The summed E-state index contributed by atoms with van der Waals surface area (Å²) in [6, 6.07) is 17.0. The van der Waals surface area contributed by atoms with E-state index in [1.165, 1.54) is 6.92 Å². The van der Waals surface area contributed by atoms with Crippen molar-refractivity contribution in [3.8, 4) is 11.8 Å². The molecule has 0 amide bonds. The fraction of sp³-hybridized carbons (Fsp3) is 0.190. The molecule has 1 heterocycles. The van der Waals surface area contributed by atoms with Crippen LogP contribution in [-0.2, 0) is 0 Å². The first kappa shape index (κ1) is 17.4. The number of nitrogens with zero attached hydrogens (tertiary/aromatic N) is 2. The third kappa shape index (κ3) is 3.98. The number of ether oxygens (including phenoxy) is 1. The number of fused-ring (bicyclic) bond motifs is 1. The van der Waals surface area contributed by atoms with E-state index < -0.39 is 0 Å². The number of carbonyl (C=O) groups excluding carboxylic acids is 1. The third-order valence-electron chi connectivity index (χ3n) is 4.04. The Labute approximate surface area is 152 Å². The molecule has 0 aliphatic heterocycles. The van der Waals surface area contributed by atoms with Crippen LogP contribution in [0.15, 0.2) is 54.7 Å². The van der Waals surface area contributed by atoms with Crippen LogP contribution in [0.3, 0.4) is 0 Å². The molecule has 1 aromatic heterocycles. The number of rotatable bonds is 7. The van der Waals surface area contributed by atoms with E-state index in [1.807, 2.05) is 30.3 Å². The Balaban J connectivity index is 1.57. The first-order valence-corrected chi connectivity index (χ1v) is 8.44. The summed E-state index contributed by atoms with van der Waals surface area (Å²) in [6.07, 6.45) is 2.50. The average Bonchev–Trinajstić information content (AvgIpc) is 2.67. The lowest BCUT2D eigenvalue weighted by atomic mass is 10.1. The number of anilines is 1. The molecule has 0 saturated carbocycles. The predicted molar refractivity (Wildman–Crippen MR) is 102 cm³/mol. The van der Waals surface area contributed by atoms with Gasteiger partial charge in [0.1, 0.15) is 17.3 Å². The normalized spacial score (nSPS) is 10.3. The van der Waals surface area contributed by atoms with Gasteiger partial charge in [-0.25, -0.2) is 0 Å². The minimum Gasteiger partial charge on any atom is -0.491 e. The van der Waals surface area contributed by atoms with Crippen LogP contribution < -0.4 is 10.1 Å². The molecule has 5 nitrogen and oxygen atoms in total. The largest absolute Gasteiger partial charge is 0.491 e. The molecule has 0 radical (unpaired) electrons. The first-order chi connectivity index (χ1) is 12.7. The van der Waals surface area contributed by atoms with E-state index >= 15 is 0 Å². The second kappa shape index (κ2) is 8.13. The highest BCUT2D eigenvalue weighted by atomic mass is 16.5. The SMILES string of the molecule is CC(=O)c1ccc(C#N)c(NCCCOc2cccc3cccnc23)c1. The number of benzene rings is 2. The molecule has 3 rings (SSSR count). The molecule has 0 fully saturated rings. The Morgan fingerprint density at radius 2 is 2.08 bits per heavy atom. The smallest absolute Gasteiger partial charge is 0.159 e. The number of ketones is 1. The highest BCUT2D eigenvalue weighted by Crippen LogP contribution is 2.23. The molecule has 0 unspecified atom stereocenters. The zero-order valence-corrected chi connectivity index (χ0v) is 14.5. The summed E-state index contributed by atoms with van der Waals surface area (Å²) in [5.41, 5.74) is 2.63. The van der Waals surface area contributed by atoms with E-state index in [2.05, 4.69) is 16.4 Å². The Hall–Kier alpha value is -3.39. The molecule has 0 saturated heterocycles. The first-order valence-electron chi connectivity index (χ1n) is 8.44. The van der Waals surface area contributed by atoms with Gasteiger partial charge in [-0.05, 0) is 43.7 Å². The maximum Gasteiger partial charge on any atom is 0.159 e. The third-order valence-corrected chi connectivity index (χ3v) is 4.04. The van der Waals surface area contributed by atoms with E-state index in [0.29, 0.717) is 30.0 Å². The average molecular weight is 345 g/mol. The van der Waals surface area contributed by atoms with Gasteiger partial charge in [0.2, 0.25) is 0 Å². The van der Waals surface area contributed by atoms with Crippen LogP contribution in [0, 0.1) is 11.3 Å². The van der Waals surface area contributed by atoms with Crippen molar-refractivity contribution in [1.29, 1.82) is 5.26 Å². The lowest BCUT2D eigenvalue weighted by molar-refractivity contribution is 0.101. The van der Waals surface area contributed by atoms with Gasteiger partial charge in [0.05, 0.1) is 17.9 Å². The molecule has 0 bridgehead atoms. The second-order valence-electron chi connectivity index (χ2n) is 5.89. The zero-order valence-electron chi connectivity index (χ0n) is 14.5. The lowest BCUT2D eigenvalue weighted by Gasteiger charge is -2.11. The van der Waals surface area contributed by atoms with Gasteiger partial charge in [0.15, 0.2) is 5.78 Å². The minimum absolute atomic E-state index is 0.0238. The van der Waals surface area contributed by atoms with Gasteiger partial charge in [-0.3, -0.25) is 9.78 Å². The van der Waals surface area contributed by atoms with Crippen molar-refractivity contribution in [3.05, 3.63) is 65.9 Å². The number of pyridine rings is 1. The molecule has 5 heteroatoms. The number of para-hydroxylation sites is 1. The summed E-state index contributed by atoms with van der Waals surface area (Å²) in [4.78, 5) is 15.9. The van der Waals surface area contributed by atoms with Gasteiger partial charge in [-0.15, -0.1) is 0 Å². The number of nitriles is 1.